The van der Waals surface area contributed by atoms with Gasteiger partial charge in [-0.25, -0.2) is 15.0 Å². The van der Waals surface area contributed by atoms with E-state index < -0.39 is 0 Å². The monoisotopic (exact) mass is 450 g/mol. The van der Waals surface area contributed by atoms with Crippen LogP contribution in [-0.2, 0) is 4.79 Å². The molecule has 9 heteroatoms. The Morgan fingerprint density at radius 1 is 1.26 bits per heavy atom. The highest BCUT2D eigenvalue weighted by atomic mass is 32.2. The summed E-state index contributed by atoms with van der Waals surface area (Å²) in [6, 6.07) is 13.1. The molecule has 1 aliphatic heterocycles. The van der Waals surface area contributed by atoms with Gasteiger partial charge in [0.15, 0.2) is 0 Å². The summed E-state index contributed by atoms with van der Waals surface area (Å²) in [5.74, 6) is 1.61. The van der Waals surface area contributed by atoms with E-state index in [1.807, 2.05) is 47.8 Å². The minimum Gasteiger partial charge on any atom is -0.497 e. The van der Waals surface area contributed by atoms with Gasteiger partial charge >= 0.3 is 0 Å². The third kappa shape index (κ3) is 3.94. The second-order valence-electron chi connectivity index (χ2n) is 6.86. The van der Waals surface area contributed by atoms with Gasteiger partial charge in [0.25, 0.3) is 5.91 Å². The Morgan fingerprint density at radius 2 is 2.13 bits per heavy atom. The lowest BCUT2D eigenvalue weighted by molar-refractivity contribution is -0.130. The molecule has 0 aliphatic carbocycles. The van der Waals surface area contributed by atoms with Crippen LogP contribution in [0.3, 0.4) is 0 Å². The van der Waals surface area contributed by atoms with Crippen molar-refractivity contribution < 1.29 is 13.9 Å². The SMILES string of the molecule is COc1ccc(C2=NN(C(=O)CSc3ncnc4sccc34)[C@H](c3ccco3)C2)cc1. The molecule has 31 heavy (non-hydrogen) atoms. The Kier molecular flexibility index (Phi) is 5.44. The average Bonchev–Trinajstić information content (AvgIpc) is 3.57. The molecule has 0 bridgehead atoms. The van der Waals surface area contributed by atoms with E-state index in [1.54, 1.807) is 24.7 Å². The van der Waals surface area contributed by atoms with Gasteiger partial charge in [-0.1, -0.05) is 11.8 Å². The van der Waals surface area contributed by atoms with Gasteiger partial charge in [-0.05, 0) is 53.4 Å². The lowest BCUT2D eigenvalue weighted by Gasteiger charge is -2.19. The van der Waals surface area contributed by atoms with Gasteiger partial charge in [0.2, 0.25) is 0 Å². The maximum absolute atomic E-state index is 13.2. The fourth-order valence-corrected chi connectivity index (χ4v) is 5.11. The molecule has 0 radical (unpaired) electrons. The molecule has 0 fully saturated rings. The Morgan fingerprint density at radius 3 is 2.90 bits per heavy atom. The van der Waals surface area contributed by atoms with Crippen molar-refractivity contribution in [2.75, 3.05) is 12.9 Å². The number of thioether (sulfide) groups is 1. The van der Waals surface area contributed by atoms with Gasteiger partial charge in [-0.15, -0.1) is 11.3 Å². The number of rotatable bonds is 6. The second kappa shape index (κ2) is 8.52. The van der Waals surface area contributed by atoms with Gasteiger partial charge in [0, 0.05) is 11.8 Å². The molecule has 0 saturated heterocycles. The van der Waals surface area contributed by atoms with Crippen LogP contribution in [-0.4, -0.2) is 39.5 Å². The van der Waals surface area contributed by atoms with Crippen LogP contribution in [0.25, 0.3) is 10.2 Å². The minimum absolute atomic E-state index is 0.100. The largest absolute Gasteiger partial charge is 0.497 e. The van der Waals surface area contributed by atoms with E-state index in [1.165, 1.54) is 23.1 Å². The number of hydrogen-bond donors (Lipinski definition) is 0. The fraction of sp³-hybridized carbons (Fsp3) is 0.182. The summed E-state index contributed by atoms with van der Waals surface area (Å²) < 4.78 is 10.9. The standard InChI is InChI=1S/C22H18N4O3S2/c1-28-15-6-4-14(5-7-15)17-11-18(19-3-2-9-29-19)26(25-17)20(27)12-31-22-16-8-10-30-21(16)23-13-24-22/h2-10,13,18H,11-12H2,1H3/t18-/m0/s1. The molecule has 0 spiro atoms. The van der Waals surface area contributed by atoms with Crippen molar-refractivity contribution >= 4 is 44.9 Å². The van der Waals surface area contributed by atoms with E-state index >= 15 is 0 Å². The number of thiophene rings is 1. The highest BCUT2D eigenvalue weighted by Gasteiger charge is 2.34. The zero-order valence-electron chi connectivity index (χ0n) is 16.6. The zero-order valence-corrected chi connectivity index (χ0v) is 18.2. The van der Waals surface area contributed by atoms with Crippen LogP contribution < -0.4 is 4.74 Å². The first-order chi connectivity index (χ1) is 15.2. The quantitative estimate of drug-likeness (QED) is 0.311. The third-order valence-electron chi connectivity index (χ3n) is 5.02. The summed E-state index contributed by atoms with van der Waals surface area (Å²) in [4.78, 5) is 22.7. The van der Waals surface area contributed by atoms with Crippen LogP contribution >= 0.6 is 23.1 Å². The maximum Gasteiger partial charge on any atom is 0.253 e. The molecular formula is C22H18N4O3S2. The first kappa shape index (κ1) is 19.8. The van der Waals surface area contributed by atoms with E-state index in [0.717, 1.165) is 32.3 Å². The number of hydrogen-bond acceptors (Lipinski definition) is 8. The minimum atomic E-state index is -0.272. The molecule has 156 valence electrons. The number of carbonyl (C=O) groups excluding carboxylic acids is 1. The van der Waals surface area contributed by atoms with E-state index in [0.29, 0.717) is 12.2 Å². The molecule has 4 aromatic rings. The molecular weight excluding hydrogens is 432 g/mol. The van der Waals surface area contributed by atoms with Crippen molar-refractivity contribution in [3.8, 4) is 5.75 Å². The first-order valence-electron chi connectivity index (χ1n) is 9.61. The molecule has 1 aliphatic rings. The number of aromatic nitrogens is 2. The van der Waals surface area contributed by atoms with Gasteiger partial charge in [-0.3, -0.25) is 4.79 Å². The molecule has 1 atom stereocenters. The zero-order chi connectivity index (χ0) is 21.2. The lowest BCUT2D eigenvalue weighted by Crippen LogP contribution is -2.28. The number of carbonyl (C=O) groups is 1. The van der Waals surface area contributed by atoms with Crippen molar-refractivity contribution in [1.82, 2.24) is 15.0 Å². The summed E-state index contributed by atoms with van der Waals surface area (Å²) >= 11 is 2.96. The van der Waals surface area contributed by atoms with Gasteiger partial charge in [-0.2, -0.15) is 5.10 Å². The average molecular weight is 451 g/mol. The maximum atomic E-state index is 13.2. The topological polar surface area (TPSA) is 80.8 Å². The normalized spacial score (nSPS) is 16.0. The molecule has 1 aromatic carbocycles. The molecule has 4 heterocycles. The Bertz CT molecular complexity index is 1240. The fourth-order valence-electron chi connectivity index (χ4n) is 3.48. The molecule has 0 unspecified atom stereocenters. The van der Waals surface area contributed by atoms with Crippen LogP contribution in [0.5, 0.6) is 5.75 Å². The van der Waals surface area contributed by atoms with E-state index in [-0.39, 0.29) is 17.7 Å². The Balaban J connectivity index is 1.38. The predicted octanol–water partition coefficient (Wildman–Crippen LogP) is 4.76. The molecule has 5 rings (SSSR count). The van der Waals surface area contributed by atoms with Crippen LogP contribution in [0.15, 0.2) is 75.0 Å². The number of nitrogens with zero attached hydrogens (tertiary/aromatic N) is 4. The van der Waals surface area contributed by atoms with Gasteiger partial charge in [0.1, 0.15) is 33.7 Å². The third-order valence-corrected chi connectivity index (χ3v) is 6.83. The summed E-state index contributed by atoms with van der Waals surface area (Å²) in [5.41, 5.74) is 1.79. The van der Waals surface area contributed by atoms with E-state index in [4.69, 9.17) is 9.15 Å². The number of amides is 1. The highest BCUT2D eigenvalue weighted by Crippen LogP contribution is 2.35. The highest BCUT2D eigenvalue weighted by molar-refractivity contribution is 8.00. The molecule has 3 aromatic heterocycles. The van der Waals surface area contributed by atoms with Crippen LogP contribution in [0.1, 0.15) is 23.8 Å². The molecule has 1 amide bonds. The smallest absolute Gasteiger partial charge is 0.253 e. The predicted molar refractivity (Wildman–Crippen MR) is 121 cm³/mol. The van der Waals surface area contributed by atoms with Gasteiger partial charge < -0.3 is 9.15 Å². The second-order valence-corrected chi connectivity index (χ2v) is 8.71. The van der Waals surface area contributed by atoms with E-state index in [2.05, 4.69) is 15.1 Å². The number of benzene rings is 1. The van der Waals surface area contributed by atoms with Crippen molar-refractivity contribution in [3.63, 3.8) is 0 Å². The van der Waals surface area contributed by atoms with Crippen LogP contribution in [0, 0.1) is 0 Å². The Labute approximate surface area is 186 Å². The number of fused-ring (bicyclic) bond motifs is 1. The summed E-state index contributed by atoms with van der Waals surface area (Å²) in [6.45, 7) is 0. The molecule has 0 N–H and O–H groups in total. The number of furan rings is 1. The van der Waals surface area contributed by atoms with Crippen LogP contribution in [0.4, 0.5) is 0 Å². The van der Waals surface area contributed by atoms with Crippen molar-refractivity contribution in [1.29, 1.82) is 0 Å². The number of methoxy groups -OCH3 is 1. The Hall–Kier alpha value is -3.17. The molecule has 0 saturated carbocycles. The summed E-state index contributed by atoms with van der Waals surface area (Å²) in [7, 11) is 1.63. The lowest BCUT2D eigenvalue weighted by atomic mass is 10.0. The number of hydrazone groups is 1. The van der Waals surface area contributed by atoms with Crippen LogP contribution in [0.2, 0.25) is 0 Å². The molecule has 7 nitrogen and oxygen atoms in total. The van der Waals surface area contributed by atoms with E-state index in [9.17, 15) is 4.79 Å². The summed E-state index contributed by atoms with van der Waals surface area (Å²) in [6.07, 6.45) is 3.73. The van der Waals surface area contributed by atoms with Crippen molar-refractivity contribution in [3.05, 3.63) is 71.8 Å². The first-order valence-corrected chi connectivity index (χ1v) is 11.5. The van der Waals surface area contributed by atoms with Crippen molar-refractivity contribution in [2.24, 2.45) is 5.10 Å². The summed E-state index contributed by atoms with van der Waals surface area (Å²) in [5, 5.41) is 9.95. The van der Waals surface area contributed by atoms with Crippen molar-refractivity contribution in [2.45, 2.75) is 17.5 Å². The number of ether oxygens (including phenoxy) is 1. The van der Waals surface area contributed by atoms with Gasteiger partial charge in [0.05, 0.1) is 24.8 Å².